The van der Waals surface area contributed by atoms with Gasteiger partial charge >= 0.3 is 0 Å². The maximum atomic E-state index is 3.44. The van der Waals surface area contributed by atoms with E-state index in [1.165, 1.54) is 16.7 Å². The molecule has 3 aromatic carbocycles. The first-order valence-electron chi connectivity index (χ1n) is 6.95. The molecule has 0 aliphatic heterocycles. The summed E-state index contributed by atoms with van der Waals surface area (Å²) < 4.78 is 1.10. The summed E-state index contributed by atoms with van der Waals surface area (Å²) in [5.74, 6) is 0. The lowest BCUT2D eigenvalue weighted by atomic mass is 10.0. The Balaban J connectivity index is 1.66. The van der Waals surface area contributed by atoms with Crippen LogP contribution in [0, 0.1) is 0 Å². The van der Waals surface area contributed by atoms with Gasteiger partial charge in [0.25, 0.3) is 0 Å². The molecule has 2 heteroatoms. The van der Waals surface area contributed by atoms with Gasteiger partial charge in [0, 0.05) is 16.7 Å². The van der Waals surface area contributed by atoms with Crippen molar-refractivity contribution in [3.63, 3.8) is 0 Å². The van der Waals surface area contributed by atoms with Crippen LogP contribution in [-0.4, -0.2) is 0 Å². The number of hydrogen-bond acceptors (Lipinski definition) is 1. The van der Waals surface area contributed by atoms with Crippen LogP contribution in [0.25, 0.3) is 11.1 Å². The van der Waals surface area contributed by atoms with Crippen molar-refractivity contribution in [3.8, 4) is 11.1 Å². The van der Waals surface area contributed by atoms with Crippen molar-refractivity contribution in [1.29, 1.82) is 0 Å². The first-order valence-corrected chi connectivity index (χ1v) is 7.74. The summed E-state index contributed by atoms with van der Waals surface area (Å²) in [6, 6.07) is 27.4. The number of anilines is 1. The highest BCUT2D eigenvalue weighted by molar-refractivity contribution is 9.10. The Hall–Kier alpha value is -2.06. The monoisotopic (exact) mass is 337 g/mol. The smallest absolute Gasteiger partial charge is 0.0400 e. The minimum atomic E-state index is 0.830. The molecule has 1 N–H and O–H groups in total. The van der Waals surface area contributed by atoms with E-state index in [4.69, 9.17) is 0 Å². The van der Waals surface area contributed by atoms with E-state index in [0.717, 1.165) is 16.7 Å². The fourth-order valence-corrected chi connectivity index (χ4v) is 2.48. The first-order chi connectivity index (χ1) is 10.3. The van der Waals surface area contributed by atoms with E-state index in [2.05, 4.69) is 81.9 Å². The van der Waals surface area contributed by atoms with E-state index >= 15 is 0 Å². The van der Waals surface area contributed by atoms with Crippen LogP contribution in [0.5, 0.6) is 0 Å². The molecule has 0 saturated heterocycles. The Morgan fingerprint density at radius 2 is 1.29 bits per heavy atom. The Kier molecular flexibility index (Phi) is 4.37. The second-order valence-corrected chi connectivity index (χ2v) is 5.84. The van der Waals surface area contributed by atoms with Crippen molar-refractivity contribution in [1.82, 2.24) is 0 Å². The van der Waals surface area contributed by atoms with Gasteiger partial charge in [-0.1, -0.05) is 70.5 Å². The largest absolute Gasteiger partial charge is 0.381 e. The highest BCUT2D eigenvalue weighted by atomic mass is 79.9. The van der Waals surface area contributed by atoms with Gasteiger partial charge in [0.2, 0.25) is 0 Å². The Labute approximate surface area is 133 Å². The van der Waals surface area contributed by atoms with Gasteiger partial charge in [-0.2, -0.15) is 0 Å². The third-order valence-electron chi connectivity index (χ3n) is 3.40. The third-order valence-corrected chi connectivity index (χ3v) is 3.93. The maximum absolute atomic E-state index is 3.44. The number of benzene rings is 3. The van der Waals surface area contributed by atoms with Gasteiger partial charge in [0.15, 0.2) is 0 Å². The summed E-state index contributed by atoms with van der Waals surface area (Å²) in [6.45, 7) is 0.830. The van der Waals surface area contributed by atoms with Gasteiger partial charge in [-0.25, -0.2) is 0 Å². The molecule has 104 valence electrons. The number of halogens is 1. The van der Waals surface area contributed by atoms with Gasteiger partial charge in [0.05, 0.1) is 0 Å². The zero-order valence-corrected chi connectivity index (χ0v) is 13.2. The van der Waals surface area contributed by atoms with Crippen molar-refractivity contribution >= 4 is 21.6 Å². The van der Waals surface area contributed by atoms with Crippen molar-refractivity contribution in [2.75, 3.05) is 5.32 Å². The van der Waals surface area contributed by atoms with E-state index in [1.807, 2.05) is 18.2 Å². The van der Waals surface area contributed by atoms with Crippen molar-refractivity contribution in [3.05, 3.63) is 88.9 Å². The Morgan fingerprint density at radius 1 is 0.667 bits per heavy atom. The molecule has 3 aromatic rings. The van der Waals surface area contributed by atoms with E-state index in [1.54, 1.807) is 0 Å². The highest BCUT2D eigenvalue weighted by Gasteiger charge is 1.98. The van der Waals surface area contributed by atoms with Crippen LogP contribution in [-0.2, 0) is 6.54 Å². The van der Waals surface area contributed by atoms with Crippen LogP contribution in [0.1, 0.15) is 5.56 Å². The van der Waals surface area contributed by atoms with Gasteiger partial charge in [-0.3, -0.25) is 0 Å². The van der Waals surface area contributed by atoms with Crippen LogP contribution >= 0.6 is 15.9 Å². The molecule has 0 unspecified atom stereocenters. The molecule has 0 heterocycles. The molecule has 21 heavy (non-hydrogen) atoms. The molecule has 0 fully saturated rings. The van der Waals surface area contributed by atoms with E-state index in [9.17, 15) is 0 Å². The summed E-state index contributed by atoms with van der Waals surface area (Å²) in [6.07, 6.45) is 0. The molecule has 1 nitrogen and oxygen atoms in total. The fourth-order valence-electron chi connectivity index (χ4n) is 2.22. The molecule has 0 aliphatic rings. The highest BCUT2D eigenvalue weighted by Crippen LogP contribution is 2.20. The Bertz CT molecular complexity index is 688. The van der Waals surface area contributed by atoms with E-state index in [-0.39, 0.29) is 0 Å². The molecule has 3 rings (SSSR count). The summed E-state index contributed by atoms with van der Waals surface area (Å²) in [7, 11) is 0. The molecule has 0 amide bonds. The first kappa shape index (κ1) is 13.9. The average Bonchev–Trinajstić information content (AvgIpc) is 2.56. The van der Waals surface area contributed by atoms with Gasteiger partial charge in [-0.15, -0.1) is 0 Å². The topological polar surface area (TPSA) is 12.0 Å². The fraction of sp³-hybridized carbons (Fsp3) is 0.0526. The lowest BCUT2D eigenvalue weighted by Gasteiger charge is -2.08. The van der Waals surface area contributed by atoms with Gasteiger partial charge in [0.1, 0.15) is 0 Å². The van der Waals surface area contributed by atoms with Crippen LogP contribution in [0.3, 0.4) is 0 Å². The van der Waals surface area contributed by atoms with Crippen molar-refractivity contribution in [2.24, 2.45) is 0 Å². The standard InChI is InChI=1S/C19H16BrN/c20-18-10-12-19(13-11-18)21-14-15-6-8-17(9-7-15)16-4-2-1-3-5-16/h1-13,21H,14H2. The molecule has 0 spiro atoms. The average molecular weight is 338 g/mol. The third kappa shape index (κ3) is 3.73. The van der Waals surface area contributed by atoms with Crippen LogP contribution < -0.4 is 5.32 Å². The van der Waals surface area contributed by atoms with Crippen molar-refractivity contribution in [2.45, 2.75) is 6.54 Å². The minimum Gasteiger partial charge on any atom is -0.381 e. The van der Waals surface area contributed by atoms with E-state index < -0.39 is 0 Å². The molecule has 0 aliphatic carbocycles. The number of nitrogens with one attached hydrogen (secondary N) is 1. The van der Waals surface area contributed by atoms with Crippen LogP contribution in [0.15, 0.2) is 83.3 Å². The normalized spacial score (nSPS) is 10.3. The minimum absolute atomic E-state index is 0.830. The zero-order chi connectivity index (χ0) is 14.5. The summed E-state index contributed by atoms with van der Waals surface area (Å²) in [4.78, 5) is 0. The SMILES string of the molecule is Brc1ccc(NCc2ccc(-c3ccccc3)cc2)cc1. The van der Waals surface area contributed by atoms with Crippen LogP contribution in [0.2, 0.25) is 0 Å². The Morgan fingerprint density at radius 3 is 1.95 bits per heavy atom. The summed E-state index contributed by atoms with van der Waals surface area (Å²) >= 11 is 3.44. The molecular formula is C19H16BrN. The van der Waals surface area contributed by atoms with Crippen LogP contribution in [0.4, 0.5) is 5.69 Å². The molecule has 0 atom stereocenters. The molecule has 0 aromatic heterocycles. The quantitative estimate of drug-likeness (QED) is 0.641. The predicted octanol–water partition coefficient (Wildman–Crippen LogP) is 5.73. The zero-order valence-electron chi connectivity index (χ0n) is 11.6. The molecular weight excluding hydrogens is 322 g/mol. The number of hydrogen-bond donors (Lipinski definition) is 1. The summed E-state index contributed by atoms with van der Waals surface area (Å²) in [5.41, 5.74) is 4.91. The maximum Gasteiger partial charge on any atom is 0.0400 e. The second kappa shape index (κ2) is 6.59. The molecule has 0 radical (unpaired) electrons. The predicted molar refractivity (Wildman–Crippen MR) is 93.3 cm³/mol. The van der Waals surface area contributed by atoms with Gasteiger partial charge < -0.3 is 5.32 Å². The summed E-state index contributed by atoms with van der Waals surface area (Å²) in [5, 5.41) is 3.43. The van der Waals surface area contributed by atoms with E-state index in [0.29, 0.717) is 0 Å². The lowest BCUT2D eigenvalue weighted by molar-refractivity contribution is 1.15. The number of rotatable bonds is 4. The second-order valence-electron chi connectivity index (χ2n) is 4.92. The van der Waals surface area contributed by atoms with Gasteiger partial charge in [-0.05, 0) is 41.0 Å². The molecule has 0 bridgehead atoms. The lowest BCUT2D eigenvalue weighted by Crippen LogP contribution is -1.98. The molecule has 0 saturated carbocycles. The van der Waals surface area contributed by atoms with Crippen molar-refractivity contribution < 1.29 is 0 Å².